The number of nitrogens with zero attached hydrogens (tertiary/aromatic N) is 3. The Balaban J connectivity index is 1.17. The van der Waals surface area contributed by atoms with Crippen LogP contribution in [-0.4, -0.2) is 72.2 Å². The second-order valence-corrected chi connectivity index (χ2v) is 13.7. The number of carbonyl (C=O) groups excluding carboxylic acids is 1. The van der Waals surface area contributed by atoms with Crippen LogP contribution in [0.3, 0.4) is 0 Å². The minimum Gasteiger partial charge on any atom is -0.360 e. The summed E-state index contributed by atoms with van der Waals surface area (Å²) in [5, 5.41) is 6.70. The van der Waals surface area contributed by atoms with Gasteiger partial charge in [0.1, 0.15) is 5.76 Å². The first-order valence-corrected chi connectivity index (χ1v) is 15.4. The van der Waals surface area contributed by atoms with Gasteiger partial charge < -0.3 is 14.7 Å². The number of rotatable bonds is 8. The SMILES string of the molecule is CN1CCC([C@@H](Cc2ccccc2)S(=O)(=O)N2[C@@H]3CC[C@H]2C[C@@H](NC(=O)c2cc(C4CC4)on2)C3)CC1. The van der Waals surface area contributed by atoms with Crippen LogP contribution in [0.5, 0.6) is 0 Å². The molecule has 200 valence electrons. The Bertz CT molecular complexity index is 1190. The standard InChI is InChI=1S/C28H38N4O4S/c1-31-13-11-21(12-14-31)27(15-19-5-3-2-4-6-19)37(34,35)32-23-9-10-24(32)17-22(16-23)29-28(33)25-18-26(36-30-25)20-7-8-20/h2-6,18,20-24,27H,7-17H2,1H3,(H,29,33)/t22-,23+,24-,27-/m1/s1. The van der Waals surface area contributed by atoms with Gasteiger partial charge in [-0.05, 0) is 89.4 Å². The van der Waals surface area contributed by atoms with E-state index >= 15 is 0 Å². The zero-order chi connectivity index (χ0) is 25.6. The summed E-state index contributed by atoms with van der Waals surface area (Å²) in [6.07, 6.45) is 7.59. The molecule has 0 spiro atoms. The molecular formula is C28H38N4O4S. The number of nitrogens with one attached hydrogen (secondary N) is 1. The van der Waals surface area contributed by atoms with Gasteiger partial charge in [-0.2, -0.15) is 4.31 Å². The van der Waals surface area contributed by atoms with Gasteiger partial charge in [0.05, 0.1) is 5.25 Å². The molecule has 4 heterocycles. The van der Waals surface area contributed by atoms with Crippen molar-refractivity contribution in [2.24, 2.45) is 5.92 Å². The number of hydrogen-bond acceptors (Lipinski definition) is 6. The zero-order valence-corrected chi connectivity index (χ0v) is 22.4. The lowest BCUT2D eigenvalue weighted by molar-refractivity contribution is 0.0899. The summed E-state index contributed by atoms with van der Waals surface area (Å²) in [6, 6.07) is 11.7. The molecule has 3 saturated heterocycles. The van der Waals surface area contributed by atoms with Crippen molar-refractivity contribution in [3.8, 4) is 0 Å². The molecular weight excluding hydrogens is 488 g/mol. The second kappa shape index (κ2) is 10.2. The number of hydrogen-bond donors (Lipinski definition) is 1. The normalized spacial score (nSPS) is 28.3. The first kappa shape index (κ1) is 25.1. The third kappa shape index (κ3) is 5.22. The molecule has 1 N–H and O–H groups in total. The summed E-state index contributed by atoms with van der Waals surface area (Å²) in [6.45, 7) is 1.88. The highest BCUT2D eigenvalue weighted by Crippen LogP contribution is 2.42. The molecule has 1 aromatic heterocycles. The van der Waals surface area contributed by atoms with Crippen molar-refractivity contribution in [3.63, 3.8) is 0 Å². The molecule has 0 unspecified atom stereocenters. The molecule has 8 nitrogen and oxygen atoms in total. The maximum atomic E-state index is 14.4. The third-order valence-electron chi connectivity index (χ3n) is 8.99. The number of piperidine rings is 2. The van der Waals surface area contributed by atoms with Crippen LogP contribution in [0, 0.1) is 5.92 Å². The van der Waals surface area contributed by atoms with Gasteiger partial charge in [-0.3, -0.25) is 4.79 Å². The Morgan fingerprint density at radius 2 is 1.73 bits per heavy atom. The van der Waals surface area contributed by atoms with Gasteiger partial charge in [0.15, 0.2) is 5.69 Å². The van der Waals surface area contributed by atoms with Gasteiger partial charge in [0, 0.05) is 30.1 Å². The Morgan fingerprint density at radius 1 is 1.05 bits per heavy atom. The van der Waals surface area contributed by atoms with E-state index in [9.17, 15) is 13.2 Å². The summed E-state index contributed by atoms with van der Waals surface area (Å²) in [7, 11) is -1.39. The van der Waals surface area contributed by atoms with E-state index in [1.165, 1.54) is 0 Å². The number of likely N-dealkylation sites (tertiary alicyclic amines) is 1. The molecule has 1 aromatic carbocycles. The van der Waals surface area contributed by atoms with Gasteiger partial charge >= 0.3 is 0 Å². The summed E-state index contributed by atoms with van der Waals surface area (Å²) < 4.78 is 35.9. The molecule has 4 aliphatic rings. The van der Waals surface area contributed by atoms with Crippen LogP contribution in [0.1, 0.15) is 79.1 Å². The van der Waals surface area contributed by atoms with E-state index < -0.39 is 15.3 Å². The quantitative estimate of drug-likeness (QED) is 0.565. The average molecular weight is 527 g/mol. The summed E-state index contributed by atoms with van der Waals surface area (Å²) in [5.41, 5.74) is 1.41. The fraction of sp³-hybridized carbons (Fsp3) is 0.643. The van der Waals surface area contributed by atoms with Crippen LogP contribution < -0.4 is 5.32 Å². The van der Waals surface area contributed by atoms with Crippen molar-refractivity contribution in [1.82, 2.24) is 19.7 Å². The minimum atomic E-state index is -3.50. The third-order valence-corrected chi connectivity index (χ3v) is 11.5. The van der Waals surface area contributed by atoms with Crippen molar-refractivity contribution >= 4 is 15.9 Å². The smallest absolute Gasteiger partial charge is 0.273 e. The first-order valence-electron chi connectivity index (χ1n) is 13.9. The molecule has 6 rings (SSSR count). The van der Waals surface area contributed by atoms with Crippen molar-refractivity contribution in [3.05, 3.63) is 53.4 Å². The van der Waals surface area contributed by atoms with E-state index in [1.807, 2.05) is 34.6 Å². The minimum absolute atomic E-state index is 0.0478. The molecule has 37 heavy (non-hydrogen) atoms. The van der Waals surface area contributed by atoms with Gasteiger partial charge in [-0.25, -0.2) is 8.42 Å². The molecule has 1 aliphatic carbocycles. The van der Waals surface area contributed by atoms with Gasteiger partial charge in [-0.1, -0.05) is 35.5 Å². The van der Waals surface area contributed by atoms with E-state index in [0.717, 1.165) is 62.9 Å². The van der Waals surface area contributed by atoms with E-state index in [1.54, 1.807) is 6.07 Å². The highest BCUT2D eigenvalue weighted by atomic mass is 32.2. The van der Waals surface area contributed by atoms with Gasteiger partial charge in [0.25, 0.3) is 5.91 Å². The highest BCUT2D eigenvalue weighted by molar-refractivity contribution is 7.89. The van der Waals surface area contributed by atoms with E-state index in [4.69, 9.17) is 4.52 Å². The zero-order valence-electron chi connectivity index (χ0n) is 21.6. The summed E-state index contributed by atoms with van der Waals surface area (Å²) in [4.78, 5) is 15.2. The van der Waals surface area contributed by atoms with Gasteiger partial charge in [-0.15, -0.1) is 0 Å². The van der Waals surface area contributed by atoms with E-state index in [0.29, 0.717) is 30.9 Å². The van der Waals surface area contributed by atoms with Crippen molar-refractivity contribution in [2.45, 2.75) is 87.1 Å². The van der Waals surface area contributed by atoms with E-state index in [2.05, 4.69) is 22.4 Å². The lowest BCUT2D eigenvalue weighted by Gasteiger charge is -2.42. The van der Waals surface area contributed by atoms with Crippen LogP contribution in [0.25, 0.3) is 0 Å². The Labute approximate surface area is 219 Å². The van der Waals surface area contributed by atoms with Crippen molar-refractivity contribution < 1.29 is 17.7 Å². The number of fused-ring (bicyclic) bond motifs is 2. The molecule has 4 atom stereocenters. The fourth-order valence-electron chi connectivity index (χ4n) is 6.80. The lowest BCUT2D eigenvalue weighted by Crippen LogP contribution is -2.56. The van der Waals surface area contributed by atoms with Crippen LogP contribution in [0.4, 0.5) is 0 Å². The largest absolute Gasteiger partial charge is 0.360 e. The molecule has 0 radical (unpaired) electrons. The van der Waals surface area contributed by atoms with Crippen LogP contribution in [0.2, 0.25) is 0 Å². The number of carbonyl (C=O) groups is 1. The second-order valence-electron chi connectivity index (χ2n) is 11.7. The maximum absolute atomic E-state index is 14.4. The van der Waals surface area contributed by atoms with E-state index in [-0.39, 0.29) is 30.0 Å². The fourth-order valence-corrected chi connectivity index (χ4v) is 9.49. The molecule has 1 saturated carbocycles. The molecule has 1 amide bonds. The Morgan fingerprint density at radius 3 is 2.38 bits per heavy atom. The van der Waals surface area contributed by atoms with Gasteiger partial charge in [0.2, 0.25) is 10.0 Å². The predicted octanol–water partition coefficient (Wildman–Crippen LogP) is 3.56. The highest BCUT2D eigenvalue weighted by Gasteiger charge is 2.50. The Kier molecular flexibility index (Phi) is 6.88. The molecule has 4 fully saturated rings. The molecule has 9 heteroatoms. The summed E-state index contributed by atoms with van der Waals surface area (Å²) >= 11 is 0. The molecule has 2 aromatic rings. The number of benzene rings is 1. The maximum Gasteiger partial charge on any atom is 0.273 e. The average Bonchev–Trinajstić information content (AvgIpc) is 3.54. The lowest BCUT2D eigenvalue weighted by atomic mass is 9.90. The predicted molar refractivity (Wildman–Crippen MR) is 141 cm³/mol. The topological polar surface area (TPSA) is 95.8 Å². The summed E-state index contributed by atoms with van der Waals surface area (Å²) in [5.74, 6) is 1.15. The van der Waals surface area contributed by atoms with Crippen LogP contribution in [0.15, 0.2) is 40.9 Å². The number of aromatic nitrogens is 1. The molecule has 3 aliphatic heterocycles. The van der Waals surface area contributed by atoms with Crippen molar-refractivity contribution in [2.75, 3.05) is 20.1 Å². The monoisotopic (exact) mass is 526 g/mol. The number of amides is 1. The number of sulfonamides is 1. The van der Waals surface area contributed by atoms with Crippen LogP contribution in [-0.2, 0) is 16.4 Å². The van der Waals surface area contributed by atoms with Crippen molar-refractivity contribution in [1.29, 1.82) is 0 Å². The van der Waals surface area contributed by atoms with Crippen LogP contribution >= 0.6 is 0 Å². The Hall–Kier alpha value is -2.23. The molecule has 2 bridgehead atoms. The first-order chi connectivity index (χ1) is 17.9.